The molecule has 1 aliphatic heterocycles. The Balaban J connectivity index is 1.54. The topological polar surface area (TPSA) is 59.2 Å². The Morgan fingerprint density at radius 1 is 1.15 bits per heavy atom. The first-order valence-corrected chi connectivity index (χ1v) is 9.02. The third-order valence-corrected chi connectivity index (χ3v) is 4.94. The molecule has 5 nitrogen and oxygen atoms in total. The van der Waals surface area contributed by atoms with Crippen LogP contribution in [0.3, 0.4) is 0 Å². The predicted molar refractivity (Wildman–Crippen MR) is 98.6 cm³/mol. The van der Waals surface area contributed by atoms with E-state index in [9.17, 15) is 4.79 Å². The van der Waals surface area contributed by atoms with E-state index < -0.39 is 0 Å². The number of aromatic nitrogens is 2. The van der Waals surface area contributed by atoms with Gasteiger partial charge in [0, 0.05) is 12.1 Å². The molecule has 1 atom stereocenters. The van der Waals surface area contributed by atoms with Crippen LogP contribution in [0.2, 0.25) is 5.02 Å². The SMILES string of the molecule is O=C(Cc1ccccc1)N1CCC[C@H]1c1nc(-c2ccccc2Cl)no1. The van der Waals surface area contributed by atoms with Crippen molar-refractivity contribution in [2.45, 2.75) is 25.3 Å². The summed E-state index contributed by atoms with van der Waals surface area (Å²) in [5.41, 5.74) is 1.73. The lowest BCUT2D eigenvalue weighted by atomic mass is 10.1. The quantitative estimate of drug-likeness (QED) is 0.690. The highest BCUT2D eigenvalue weighted by Gasteiger charge is 2.34. The van der Waals surface area contributed by atoms with Gasteiger partial charge in [-0.05, 0) is 30.5 Å². The molecule has 0 bridgehead atoms. The van der Waals surface area contributed by atoms with Gasteiger partial charge in [0.05, 0.1) is 11.4 Å². The summed E-state index contributed by atoms with van der Waals surface area (Å²) in [4.78, 5) is 19.1. The number of likely N-dealkylation sites (tertiary alicyclic amines) is 1. The van der Waals surface area contributed by atoms with Crippen molar-refractivity contribution in [3.05, 3.63) is 71.1 Å². The zero-order valence-corrected chi connectivity index (χ0v) is 14.9. The minimum atomic E-state index is -0.171. The molecule has 3 aromatic rings. The van der Waals surface area contributed by atoms with E-state index in [1.807, 2.05) is 53.4 Å². The molecule has 0 radical (unpaired) electrons. The molecule has 132 valence electrons. The first kappa shape index (κ1) is 16.8. The smallest absolute Gasteiger partial charge is 0.249 e. The second kappa shape index (κ2) is 7.30. The van der Waals surface area contributed by atoms with E-state index in [1.54, 1.807) is 6.07 Å². The second-order valence-corrected chi connectivity index (χ2v) is 6.75. The van der Waals surface area contributed by atoms with Crippen molar-refractivity contribution in [1.29, 1.82) is 0 Å². The summed E-state index contributed by atoms with van der Waals surface area (Å²) < 4.78 is 5.47. The van der Waals surface area contributed by atoms with Gasteiger partial charge in [0.2, 0.25) is 17.6 Å². The second-order valence-electron chi connectivity index (χ2n) is 6.34. The van der Waals surface area contributed by atoms with Crippen molar-refractivity contribution >= 4 is 17.5 Å². The van der Waals surface area contributed by atoms with Crippen LogP contribution in [-0.2, 0) is 11.2 Å². The number of halogens is 1. The van der Waals surface area contributed by atoms with Gasteiger partial charge in [-0.3, -0.25) is 4.79 Å². The molecule has 1 fully saturated rings. The minimum Gasteiger partial charge on any atom is -0.337 e. The highest BCUT2D eigenvalue weighted by atomic mass is 35.5. The Labute approximate surface area is 156 Å². The summed E-state index contributed by atoms with van der Waals surface area (Å²) >= 11 is 6.21. The average molecular weight is 368 g/mol. The van der Waals surface area contributed by atoms with Crippen molar-refractivity contribution in [2.24, 2.45) is 0 Å². The molecular formula is C20H18ClN3O2. The highest BCUT2D eigenvalue weighted by Crippen LogP contribution is 2.33. The number of amides is 1. The highest BCUT2D eigenvalue weighted by molar-refractivity contribution is 6.33. The molecule has 2 heterocycles. The van der Waals surface area contributed by atoms with Crippen LogP contribution >= 0.6 is 11.6 Å². The monoisotopic (exact) mass is 367 g/mol. The fraction of sp³-hybridized carbons (Fsp3) is 0.250. The number of benzene rings is 2. The van der Waals surface area contributed by atoms with Gasteiger partial charge in [0.25, 0.3) is 0 Å². The van der Waals surface area contributed by atoms with Crippen LogP contribution in [0, 0.1) is 0 Å². The molecule has 6 heteroatoms. The number of rotatable bonds is 4. The molecule has 1 aliphatic rings. The maximum atomic E-state index is 12.7. The maximum absolute atomic E-state index is 12.7. The average Bonchev–Trinajstić information content (AvgIpc) is 3.32. The number of carbonyl (C=O) groups excluding carboxylic acids is 1. The molecule has 4 rings (SSSR count). The summed E-state index contributed by atoms with van der Waals surface area (Å²) in [7, 11) is 0. The zero-order valence-electron chi connectivity index (χ0n) is 14.1. The summed E-state index contributed by atoms with van der Waals surface area (Å²) in [6.07, 6.45) is 2.13. The molecule has 0 N–H and O–H groups in total. The van der Waals surface area contributed by atoms with Crippen LogP contribution in [0.1, 0.15) is 30.3 Å². The molecule has 0 aliphatic carbocycles. The van der Waals surface area contributed by atoms with Crippen LogP contribution in [0.5, 0.6) is 0 Å². The standard InChI is InChI=1S/C20H18ClN3O2/c21-16-10-5-4-9-15(16)19-22-20(26-23-19)17-11-6-12-24(17)18(25)13-14-7-2-1-3-8-14/h1-5,7-10,17H,6,11-13H2/t17-/m0/s1. The van der Waals surface area contributed by atoms with Gasteiger partial charge < -0.3 is 9.42 Å². The largest absolute Gasteiger partial charge is 0.337 e. The minimum absolute atomic E-state index is 0.0798. The van der Waals surface area contributed by atoms with Crippen molar-refractivity contribution < 1.29 is 9.32 Å². The summed E-state index contributed by atoms with van der Waals surface area (Å²) in [6.45, 7) is 0.708. The van der Waals surface area contributed by atoms with E-state index >= 15 is 0 Å². The van der Waals surface area contributed by atoms with Crippen molar-refractivity contribution in [3.8, 4) is 11.4 Å². The fourth-order valence-corrected chi connectivity index (χ4v) is 3.54. The Bertz CT molecular complexity index is 910. The van der Waals surface area contributed by atoms with Crippen LogP contribution in [0.15, 0.2) is 59.1 Å². The van der Waals surface area contributed by atoms with Gasteiger partial charge in [-0.25, -0.2) is 0 Å². The van der Waals surface area contributed by atoms with Crippen molar-refractivity contribution in [1.82, 2.24) is 15.0 Å². The van der Waals surface area contributed by atoms with Crippen molar-refractivity contribution in [2.75, 3.05) is 6.54 Å². The van der Waals surface area contributed by atoms with Gasteiger partial charge >= 0.3 is 0 Å². The molecule has 2 aromatic carbocycles. The first-order valence-electron chi connectivity index (χ1n) is 8.64. The number of hydrogen-bond donors (Lipinski definition) is 0. The van der Waals surface area contributed by atoms with Gasteiger partial charge in [0.1, 0.15) is 6.04 Å². The van der Waals surface area contributed by atoms with Crippen LogP contribution in [0.4, 0.5) is 0 Å². The van der Waals surface area contributed by atoms with E-state index in [1.165, 1.54) is 0 Å². The number of carbonyl (C=O) groups is 1. The lowest BCUT2D eigenvalue weighted by Crippen LogP contribution is -2.32. The van der Waals surface area contributed by atoms with Crippen LogP contribution in [-0.4, -0.2) is 27.5 Å². The molecule has 1 saturated heterocycles. The Morgan fingerprint density at radius 2 is 1.92 bits per heavy atom. The molecular weight excluding hydrogens is 350 g/mol. The predicted octanol–water partition coefficient (Wildman–Crippen LogP) is 4.30. The molecule has 0 unspecified atom stereocenters. The third-order valence-electron chi connectivity index (χ3n) is 4.61. The van der Waals surface area contributed by atoms with E-state index in [-0.39, 0.29) is 11.9 Å². The van der Waals surface area contributed by atoms with Gasteiger partial charge in [-0.2, -0.15) is 4.98 Å². The summed E-state index contributed by atoms with van der Waals surface area (Å²) in [5.74, 6) is 1.00. The van der Waals surface area contributed by atoms with Gasteiger partial charge in [-0.15, -0.1) is 0 Å². The van der Waals surface area contributed by atoms with Gasteiger partial charge in [0.15, 0.2) is 0 Å². The lowest BCUT2D eigenvalue weighted by Gasteiger charge is -2.21. The Morgan fingerprint density at radius 3 is 2.73 bits per heavy atom. The van der Waals surface area contributed by atoms with E-state index in [2.05, 4.69) is 10.1 Å². The molecule has 1 amide bonds. The number of hydrogen-bond acceptors (Lipinski definition) is 4. The lowest BCUT2D eigenvalue weighted by molar-refractivity contribution is -0.131. The van der Waals surface area contributed by atoms with E-state index in [4.69, 9.17) is 16.1 Å². The summed E-state index contributed by atoms with van der Waals surface area (Å²) in [5, 5.41) is 4.63. The van der Waals surface area contributed by atoms with Gasteiger partial charge in [-0.1, -0.05) is 59.2 Å². The molecule has 1 aromatic heterocycles. The van der Waals surface area contributed by atoms with E-state index in [0.29, 0.717) is 29.7 Å². The molecule has 26 heavy (non-hydrogen) atoms. The van der Waals surface area contributed by atoms with Crippen LogP contribution < -0.4 is 0 Å². The zero-order chi connectivity index (χ0) is 17.9. The summed E-state index contributed by atoms with van der Waals surface area (Å²) in [6, 6.07) is 17.0. The molecule has 0 saturated carbocycles. The van der Waals surface area contributed by atoms with E-state index in [0.717, 1.165) is 24.0 Å². The van der Waals surface area contributed by atoms with Crippen LogP contribution in [0.25, 0.3) is 11.4 Å². The fourth-order valence-electron chi connectivity index (χ4n) is 3.32. The Kier molecular flexibility index (Phi) is 4.71. The third kappa shape index (κ3) is 3.35. The first-order chi connectivity index (χ1) is 12.7. The molecule has 0 spiro atoms. The Hall–Kier alpha value is -2.66. The van der Waals surface area contributed by atoms with Crippen molar-refractivity contribution in [3.63, 3.8) is 0 Å². The maximum Gasteiger partial charge on any atom is 0.249 e. The normalized spacial score (nSPS) is 16.8. The number of nitrogens with zero attached hydrogens (tertiary/aromatic N) is 3.